The number of esters is 1. The molecule has 0 saturated heterocycles. The van der Waals surface area contributed by atoms with Crippen LogP contribution >= 0.6 is 11.3 Å². The lowest BCUT2D eigenvalue weighted by molar-refractivity contribution is -0.123. The molecule has 1 N–H and O–H groups in total. The van der Waals surface area contributed by atoms with Crippen molar-refractivity contribution >= 4 is 44.9 Å². The number of nitrogens with zero attached hydrogens (tertiary/aromatic N) is 1. The molecule has 1 aromatic heterocycles. The van der Waals surface area contributed by atoms with E-state index in [4.69, 9.17) is 4.74 Å². The molecular formula is C19H16N2O4S. The molecule has 6 nitrogen and oxygen atoms in total. The van der Waals surface area contributed by atoms with Crippen LogP contribution in [0.4, 0.5) is 5.69 Å². The number of nitrogens with one attached hydrogen (secondary N) is 1. The maximum absolute atomic E-state index is 12.2. The lowest BCUT2D eigenvalue weighted by Gasteiger charge is -2.13. The fourth-order valence-corrected chi connectivity index (χ4v) is 3.01. The van der Waals surface area contributed by atoms with Crippen molar-refractivity contribution in [3.63, 3.8) is 0 Å². The molecule has 1 heterocycles. The van der Waals surface area contributed by atoms with E-state index >= 15 is 0 Å². The third-order valence-electron chi connectivity index (χ3n) is 3.78. The number of ketones is 1. The fourth-order valence-electron chi connectivity index (χ4n) is 2.30. The number of aromatic nitrogens is 1. The quantitative estimate of drug-likeness (QED) is 0.548. The van der Waals surface area contributed by atoms with Gasteiger partial charge in [-0.1, -0.05) is 0 Å². The van der Waals surface area contributed by atoms with Gasteiger partial charge in [0.05, 0.1) is 21.3 Å². The second-order valence-electron chi connectivity index (χ2n) is 5.71. The van der Waals surface area contributed by atoms with Crippen molar-refractivity contribution in [1.29, 1.82) is 0 Å². The van der Waals surface area contributed by atoms with Gasteiger partial charge in [-0.2, -0.15) is 0 Å². The fraction of sp³-hybridized carbons (Fsp3) is 0.158. The van der Waals surface area contributed by atoms with Gasteiger partial charge in [0.15, 0.2) is 11.9 Å². The minimum atomic E-state index is -0.966. The van der Waals surface area contributed by atoms with E-state index in [0.717, 1.165) is 10.2 Å². The summed E-state index contributed by atoms with van der Waals surface area (Å²) in [6.07, 6.45) is -0.966. The minimum absolute atomic E-state index is 0.0527. The first-order valence-corrected chi connectivity index (χ1v) is 8.78. The Morgan fingerprint density at radius 3 is 2.46 bits per heavy atom. The summed E-state index contributed by atoms with van der Waals surface area (Å²) in [5.74, 6) is -1.08. The lowest BCUT2D eigenvalue weighted by Crippen LogP contribution is -2.30. The first-order chi connectivity index (χ1) is 12.4. The van der Waals surface area contributed by atoms with Gasteiger partial charge in [0, 0.05) is 11.3 Å². The third kappa shape index (κ3) is 3.94. The van der Waals surface area contributed by atoms with Crippen LogP contribution in [0.25, 0.3) is 10.2 Å². The molecule has 0 unspecified atom stereocenters. The Labute approximate surface area is 153 Å². The number of hydrogen-bond donors (Lipinski definition) is 1. The number of carbonyl (C=O) groups excluding carboxylic acids is 3. The smallest absolute Gasteiger partial charge is 0.338 e. The monoisotopic (exact) mass is 368 g/mol. The zero-order chi connectivity index (χ0) is 18.7. The number of Topliss-reactive ketones (excluding diaryl/α,β-unsaturated/α-hetero) is 1. The Kier molecular flexibility index (Phi) is 5.09. The highest BCUT2D eigenvalue weighted by molar-refractivity contribution is 7.16. The van der Waals surface area contributed by atoms with Crippen molar-refractivity contribution in [3.05, 3.63) is 59.1 Å². The summed E-state index contributed by atoms with van der Waals surface area (Å²) in [6, 6.07) is 11.6. The van der Waals surface area contributed by atoms with Gasteiger partial charge in [-0.25, -0.2) is 9.78 Å². The van der Waals surface area contributed by atoms with Gasteiger partial charge in [-0.05, 0) is 56.3 Å². The highest BCUT2D eigenvalue weighted by Crippen LogP contribution is 2.20. The molecule has 0 aliphatic heterocycles. The van der Waals surface area contributed by atoms with Crippen molar-refractivity contribution in [2.24, 2.45) is 0 Å². The second-order valence-corrected chi connectivity index (χ2v) is 6.59. The Balaban J connectivity index is 1.62. The molecule has 0 aliphatic carbocycles. The van der Waals surface area contributed by atoms with Crippen LogP contribution in [0.5, 0.6) is 0 Å². The van der Waals surface area contributed by atoms with Gasteiger partial charge in [0.2, 0.25) is 0 Å². The number of hydrogen-bond acceptors (Lipinski definition) is 6. The zero-order valence-electron chi connectivity index (χ0n) is 14.2. The van der Waals surface area contributed by atoms with E-state index in [1.54, 1.807) is 48.0 Å². The number of carbonyl (C=O) groups is 3. The zero-order valence-corrected chi connectivity index (χ0v) is 15.0. The molecule has 132 valence electrons. The largest absolute Gasteiger partial charge is 0.449 e. The van der Waals surface area contributed by atoms with E-state index in [1.165, 1.54) is 25.2 Å². The molecule has 0 saturated carbocycles. The van der Waals surface area contributed by atoms with E-state index in [1.807, 2.05) is 0 Å². The Bertz CT molecular complexity index is 979. The number of rotatable bonds is 5. The Morgan fingerprint density at radius 2 is 1.77 bits per heavy atom. The molecule has 0 aliphatic rings. The van der Waals surface area contributed by atoms with E-state index in [0.29, 0.717) is 16.8 Å². The number of fused-ring (bicyclic) bond motifs is 1. The van der Waals surface area contributed by atoms with Gasteiger partial charge in [0.25, 0.3) is 5.91 Å². The van der Waals surface area contributed by atoms with Crippen LogP contribution in [0.1, 0.15) is 34.6 Å². The first kappa shape index (κ1) is 17.8. The predicted octanol–water partition coefficient (Wildman–Crippen LogP) is 3.68. The van der Waals surface area contributed by atoms with Gasteiger partial charge >= 0.3 is 5.97 Å². The van der Waals surface area contributed by atoms with Crippen molar-refractivity contribution in [2.75, 3.05) is 5.32 Å². The number of benzene rings is 2. The maximum atomic E-state index is 12.2. The van der Waals surface area contributed by atoms with Crippen molar-refractivity contribution in [3.8, 4) is 0 Å². The Morgan fingerprint density at radius 1 is 1.08 bits per heavy atom. The van der Waals surface area contributed by atoms with Crippen LogP contribution in [-0.2, 0) is 9.53 Å². The molecule has 0 bridgehead atoms. The molecule has 7 heteroatoms. The molecule has 0 radical (unpaired) electrons. The highest BCUT2D eigenvalue weighted by Gasteiger charge is 2.19. The van der Waals surface area contributed by atoms with Gasteiger partial charge in [0.1, 0.15) is 0 Å². The molecule has 3 rings (SSSR count). The highest BCUT2D eigenvalue weighted by atomic mass is 32.1. The summed E-state index contributed by atoms with van der Waals surface area (Å²) >= 11 is 1.43. The van der Waals surface area contributed by atoms with Crippen LogP contribution in [-0.4, -0.2) is 28.7 Å². The third-order valence-corrected chi connectivity index (χ3v) is 4.57. The summed E-state index contributed by atoms with van der Waals surface area (Å²) in [6.45, 7) is 2.97. The van der Waals surface area contributed by atoms with Crippen LogP contribution < -0.4 is 5.32 Å². The summed E-state index contributed by atoms with van der Waals surface area (Å²) in [4.78, 5) is 39.9. The van der Waals surface area contributed by atoms with Crippen molar-refractivity contribution in [1.82, 2.24) is 4.98 Å². The molecule has 1 atom stereocenters. The van der Waals surface area contributed by atoms with Crippen LogP contribution in [0, 0.1) is 0 Å². The van der Waals surface area contributed by atoms with Crippen LogP contribution in [0.2, 0.25) is 0 Å². The molecule has 3 aromatic rings. The SMILES string of the molecule is CC(=O)c1ccc(NC(=O)[C@@H](C)OC(=O)c2ccc3ncsc3c2)cc1. The number of anilines is 1. The molecule has 0 spiro atoms. The molecule has 26 heavy (non-hydrogen) atoms. The van der Waals surface area contributed by atoms with E-state index < -0.39 is 18.0 Å². The van der Waals surface area contributed by atoms with Crippen LogP contribution in [0.3, 0.4) is 0 Å². The predicted molar refractivity (Wildman–Crippen MR) is 99.6 cm³/mol. The Hall–Kier alpha value is -3.06. The summed E-state index contributed by atoms with van der Waals surface area (Å²) < 4.78 is 6.11. The molecule has 2 aromatic carbocycles. The number of amides is 1. The van der Waals surface area contributed by atoms with Gasteiger partial charge in [-0.15, -0.1) is 11.3 Å². The average molecular weight is 368 g/mol. The number of thiazole rings is 1. The van der Waals surface area contributed by atoms with Crippen LogP contribution in [0.15, 0.2) is 48.0 Å². The molecule has 1 amide bonds. The number of ether oxygens (including phenoxy) is 1. The summed E-state index contributed by atoms with van der Waals surface area (Å²) in [5, 5.41) is 2.65. The average Bonchev–Trinajstić information content (AvgIpc) is 3.09. The normalized spacial score (nSPS) is 11.8. The maximum Gasteiger partial charge on any atom is 0.338 e. The first-order valence-electron chi connectivity index (χ1n) is 7.90. The minimum Gasteiger partial charge on any atom is -0.449 e. The summed E-state index contributed by atoms with van der Waals surface area (Å²) in [5.41, 5.74) is 3.96. The second kappa shape index (κ2) is 7.45. The molecule has 0 fully saturated rings. The topological polar surface area (TPSA) is 85.4 Å². The van der Waals surface area contributed by atoms with E-state index in [-0.39, 0.29) is 5.78 Å². The van der Waals surface area contributed by atoms with E-state index in [9.17, 15) is 14.4 Å². The molecular weight excluding hydrogens is 352 g/mol. The standard InChI is InChI=1S/C19H16N2O4S/c1-11(22)13-3-6-15(7-4-13)21-18(23)12(2)25-19(24)14-5-8-16-17(9-14)26-10-20-16/h3-10,12H,1-2H3,(H,21,23)/t12-/m1/s1. The van der Waals surface area contributed by atoms with E-state index in [2.05, 4.69) is 10.3 Å². The van der Waals surface area contributed by atoms with Crippen molar-refractivity contribution in [2.45, 2.75) is 20.0 Å². The summed E-state index contributed by atoms with van der Waals surface area (Å²) in [7, 11) is 0. The van der Waals surface area contributed by atoms with Gasteiger partial charge < -0.3 is 10.1 Å². The lowest BCUT2D eigenvalue weighted by atomic mass is 10.1. The van der Waals surface area contributed by atoms with Gasteiger partial charge in [-0.3, -0.25) is 9.59 Å². The van der Waals surface area contributed by atoms with Crippen molar-refractivity contribution < 1.29 is 19.1 Å².